The summed E-state index contributed by atoms with van der Waals surface area (Å²) in [6.45, 7) is 0.0417. The molecule has 0 unspecified atom stereocenters. The van der Waals surface area contributed by atoms with Crippen LogP contribution < -0.4 is 4.72 Å². The fraction of sp³-hybridized carbons (Fsp3) is 0.100. The predicted molar refractivity (Wildman–Crippen MR) is 99.5 cm³/mol. The standard InChI is InChI=1S/C20H16N2O5S/c21-12-15-3-1-4-16(11-15)14-27-20(23)17-6-8-19(9-7-17)28(24,25)22-13-18-5-2-10-26-18/h1-11,22H,13-14H2. The normalized spacial score (nSPS) is 11.0. The first kappa shape index (κ1) is 19.4. The average Bonchev–Trinajstić information content (AvgIpc) is 3.24. The Morgan fingerprint density at radius 2 is 1.89 bits per heavy atom. The second-order valence-corrected chi connectivity index (χ2v) is 7.58. The van der Waals surface area contributed by atoms with E-state index in [1.54, 1.807) is 36.4 Å². The highest BCUT2D eigenvalue weighted by molar-refractivity contribution is 7.89. The number of furan rings is 1. The second-order valence-electron chi connectivity index (χ2n) is 5.82. The third-order valence-electron chi connectivity index (χ3n) is 3.84. The van der Waals surface area contributed by atoms with E-state index in [-0.39, 0.29) is 23.6 Å². The maximum absolute atomic E-state index is 12.3. The largest absolute Gasteiger partial charge is 0.468 e. The summed E-state index contributed by atoms with van der Waals surface area (Å²) in [5, 5.41) is 8.88. The number of sulfonamides is 1. The molecule has 0 spiro atoms. The molecule has 0 radical (unpaired) electrons. The molecule has 8 heteroatoms. The van der Waals surface area contributed by atoms with Crippen molar-refractivity contribution in [2.45, 2.75) is 18.0 Å². The van der Waals surface area contributed by atoms with Gasteiger partial charge in [0.2, 0.25) is 10.0 Å². The Kier molecular flexibility index (Phi) is 5.89. The molecule has 0 fully saturated rings. The number of hydrogen-bond acceptors (Lipinski definition) is 6. The Morgan fingerprint density at radius 1 is 1.11 bits per heavy atom. The molecule has 0 bridgehead atoms. The van der Waals surface area contributed by atoms with E-state index < -0.39 is 16.0 Å². The molecule has 28 heavy (non-hydrogen) atoms. The lowest BCUT2D eigenvalue weighted by molar-refractivity contribution is 0.0472. The predicted octanol–water partition coefficient (Wildman–Crippen LogP) is 2.99. The van der Waals surface area contributed by atoms with Crippen LogP contribution in [-0.2, 0) is 27.9 Å². The van der Waals surface area contributed by atoms with Gasteiger partial charge in [0.1, 0.15) is 12.4 Å². The summed E-state index contributed by atoms with van der Waals surface area (Å²) in [5.41, 5.74) is 1.39. The Hall–Kier alpha value is -3.41. The van der Waals surface area contributed by atoms with Crippen LogP contribution in [0.3, 0.4) is 0 Å². The maximum atomic E-state index is 12.3. The van der Waals surface area contributed by atoms with E-state index in [1.807, 2.05) is 6.07 Å². The third kappa shape index (κ3) is 4.85. The fourth-order valence-electron chi connectivity index (χ4n) is 2.40. The van der Waals surface area contributed by atoms with Crippen molar-refractivity contribution in [1.29, 1.82) is 5.26 Å². The molecule has 0 atom stereocenters. The molecule has 3 aromatic rings. The minimum absolute atomic E-state index is 0.0130. The zero-order chi connectivity index (χ0) is 20.0. The minimum atomic E-state index is -3.73. The third-order valence-corrected chi connectivity index (χ3v) is 5.26. The number of nitrogens with one attached hydrogen (secondary N) is 1. The van der Waals surface area contributed by atoms with Crippen molar-refractivity contribution in [2.24, 2.45) is 0 Å². The quantitative estimate of drug-likeness (QED) is 0.615. The first-order valence-corrected chi connectivity index (χ1v) is 9.74. The lowest BCUT2D eigenvalue weighted by Gasteiger charge is -2.08. The summed E-state index contributed by atoms with van der Waals surface area (Å²) in [6.07, 6.45) is 1.46. The molecule has 0 aliphatic heterocycles. The van der Waals surface area contributed by atoms with Gasteiger partial charge in [-0.1, -0.05) is 12.1 Å². The molecule has 1 heterocycles. The highest BCUT2D eigenvalue weighted by Crippen LogP contribution is 2.13. The lowest BCUT2D eigenvalue weighted by Crippen LogP contribution is -2.23. The number of esters is 1. The van der Waals surface area contributed by atoms with Crippen LogP contribution in [0.4, 0.5) is 0 Å². The van der Waals surface area contributed by atoms with Crippen LogP contribution in [0.15, 0.2) is 76.2 Å². The van der Waals surface area contributed by atoms with E-state index in [0.29, 0.717) is 16.9 Å². The summed E-state index contributed by atoms with van der Waals surface area (Å²) >= 11 is 0. The average molecular weight is 396 g/mol. The molecular weight excluding hydrogens is 380 g/mol. The van der Waals surface area contributed by atoms with Gasteiger partial charge in [0.05, 0.1) is 34.9 Å². The topological polar surface area (TPSA) is 109 Å². The molecule has 1 N–H and O–H groups in total. The fourth-order valence-corrected chi connectivity index (χ4v) is 3.39. The van der Waals surface area contributed by atoms with Gasteiger partial charge in [-0.25, -0.2) is 17.9 Å². The van der Waals surface area contributed by atoms with Gasteiger partial charge < -0.3 is 9.15 Å². The number of ether oxygens (including phenoxy) is 1. The van der Waals surface area contributed by atoms with E-state index in [9.17, 15) is 13.2 Å². The molecule has 0 aliphatic carbocycles. The number of benzene rings is 2. The van der Waals surface area contributed by atoms with Gasteiger partial charge in [0, 0.05) is 0 Å². The molecule has 7 nitrogen and oxygen atoms in total. The van der Waals surface area contributed by atoms with E-state index in [0.717, 1.165) is 0 Å². The van der Waals surface area contributed by atoms with Crippen LogP contribution in [0.5, 0.6) is 0 Å². The van der Waals surface area contributed by atoms with Gasteiger partial charge in [0.25, 0.3) is 0 Å². The number of hydrogen-bond donors (Lipinski definition) is 1. The van der Waals surface area contributed by atoms with Gasteiger partial charge in [-0.3, -0.25) is 0 Å². The summed E-state index contributed by atoms with van der Waals surface area (Å²) in [5.74, 6) is -0.0981. The molecule has 1 aromatic heterocycles. The first-order chi connectivity index (χ1) is 13.5. The van der Waals surface area contributed by atoms with Crippen LogP contribution in [0, 0.1) is 11.3 Å². The number of carbonyl (C=O) groups excluding carboxylic acids is 1. The first-order valence-electron chi connectivity index (χ1n) is 8.26. The molecule has 0 saturated carbocycles. The van der Waals surface area contributed by atoms with Crippen LogP contribution in [0.25, 0.3) is 0 Å². The summed E-state index contributed by atoms with van der Waals surface area (Å²) in [7, 11) is -3.73. The molecule has 2 aromatic carbocycles. The molecule has 0 aliphatic rings. The van der Waals surface area contributed by atoms with Gasteiger partial charge in [-0.05, 0) is 54.1 Å². The Morgan fingerprint density at radius 3 is 2.57 bits per heavy atom. The number of nitrogens with zero attached hydrogens (tertiary/aromatic N) is 1. The SMILES string of the molecule is N#Cc1cccc(COC(=O)c2ccc(S(=O)(=O)NCc3ccco3)cc2)c1. The van der Waals surface area contributed by atoms with E-state index in [4.69, 9.17) is 14.4 Å². The zero-order valence-electron chi connectivity index (χ0n) is 14.7. The van der Waals surface area contributed by atoms with Crippen molar-refractivity contribution in [3.63, 3.8) is 0 Å². The zero-order valence-corrected chi connectivity index (χ0v) is 15.5. The summed E-state index contributed by atoms with van der Waals surface area (Å²) in [6, 6.07) is 17.5. The smallest absolute Gasteiger partial charge is 0.338 e. The minimum Gasteiger partial charge on any atom is -0.468 e. The summed E-state index contributed by atoms with van der Waals surface area (Å²) in [4.78, 5) is 12.2. The van der Waals surface area contributed by atoms with Crippen LogP contribution >= 0.6 is 0 Å². The highest BCUT2D eigenvalue weighted by atomic mass is 32.2. The Balaban J connectivity index is 1.61. The lowest BCUT2D eigenvalue weighted by atomic mass is 10.1. The van der Waals surface area contributed by atoms with Gasteiger partial charge in [-0.15, -0.1) is 0 Å². The van der Waals surface area contributed by atoms with E-state index in [2.05, 4.69) is 4.72 Å². The second kappa shape index (κ2) is 8.52. The van der Waals surface area contributed by atoms with Crippen LogP contribution in [0.1, 0.15) is 27.2 Å². The van der Waals surface area contributed by atoms with E-state index >= 15 is 0 Å². The van der Waals surface area contributed by atoms with Gasteiger partial charge in [0.15, 0.2) is 0 Å². The Bertz CT molecular complexity index is 1100. The van der Waals surface area contributed by atoms with E-state index in [1.165, 1.54) is 30.5 Å². The molecular formula is C20H16N2O5S. The van der Waals surface area contributed by atoms with Gasteiger partial charge >= 0.3 is 5.97 Å². The van der Waals surface area contributed by atoms with Gasteiger partial charge in [-0.2, -0.15) is 5.26 Å². The molecule has 0 amide bonds. The van der Waals surface area contributed by atoms with Crippen LogP contribution in [-0.4, -0.2) is 14.4 Å². The number of carbonyl (C=O) groups is 1. The molecule has 3 rings (SSSR count). The van der Waals surface area contributed by atoms with Crippen molar-refractivity contribution in [3.8, 4) is 6.07 Å². The molecule has 142 valence electrons. The van der Waals surface area contributed by atoms with Crippen molar-refractivity contribution in [2.75, 3.05) is 0 Å². The monoisotopic (exact) mass is 396 g/mol. The number of rotatable bonds is 7. The van der Waals surface area contributed by atoms with Crippen LogP contribution in [0.2, 0.25) is 0 Å². The van der Waals surface area contributed by atoms with Crippen molar-refractivity contribution >= 4 is 16.0 Å². The maximum Gasteiger partial charge on any atom is 0.338 e. The van der Waals surface area contributed by atoms with Crippen molar-refractivity contribution in [1.82, 2.24) is 4.72 Å². The Labute approximate surface area is 162 Å². The summed E-state index contributed by atoms with van der Waals surface area (Å²) < 4.78 is 37.3. The van der Waals surface area contributed by atoms with Crippen molar-refractivity contribution in [3.05, 3.63) is 89.4 Å². The highest BCUT2D eigenvalue weighted by Gasteiger charge is 2.16. The number of nitriles is 1. The molecule has 0 saturated heterocycles. The van der Waals surface area contributed by atoms with Crippen molar-refractivity contribution < 1.29 is 22.4 Å².